The maximum atomic E-state index is 12.8. The molecular weight excluding hydrogens is 380 g/mol. The zero-order chi connectivity index (χ0) is 19.8. The number of Topliss-reactive ketones (excluding diaryl/α,β-unsaturated/α-hetero) is 1. The van der Waals surface area contributed by atoms with E-state index in [9.17, 15) is 4.79 Å². The molecule has 5 rings (SSSR count). The van der Waals surface area contributed by atoms with Crippen LogP contribution in [0.1, 0.15) is 45.1 Å². The number of hydrogen-bond donors (Lipinski definition) is 0. The molecule has 0 unspecified atom stereocenters. The molecule has 0 saturated heterocycles. The van der Waals surface area contributed by atoms with E-state index in [1.165, 1.54) is 16.7 Å². The fourth-order valence-corrected chi connectivity index (χ4v) is 4.70. The van der Waals surface area contributed by atoms with E-state index in [1.807, 2.05) is 30.3 Å². The molecule has 1 aliphatic carbocycles. The van der Waals surface area contributed by atoms with Crippen molar-refractivity contribution in [3.8, 4) is 0 Å². The van der Waals surface area contributed by atoms with Gasteiger partial charge in [-0.1, -0.05) is 66.4 Å². The molecule has 2 heterocycles. The van der Waals surface area contributed by atoms with Crippen LogP contribution in [0.5, 0.6) is 0 Å². The molecule has 144 valence electrons. The third kappa shape index (κ3) is 3.56. The van der Waals surface area contributed by atoms with Gasteiger partial charge in [-0.3, -0.25) is 4.79 Å². The van der Waals surface area contributed by atoms with E-state index in [-0.39, 0.29) is 11.7 Å². The molecule has 0 amide bonds. The van der Waals surface area contributed by atoms with Gasteiger partial charge in [0.25, 0.3) is 5.78 Å². The predicted molar refractivity (Wildman–Crippen MR) is 113 cm³/mol. The Labute approximate surface area is 173 Å². The highest BCUT2D eigenvalue weighted by molar-refractivity contribution is 7.98. The van der Waals surface area contributed by atoms with Crippen LogP contribution < -0.4 is 0 Å². The first-order chi connectivity index (χ1) is 14.2. The quantitative estimate of drug-likeness (QED) is 0.467. The van der Waals surface area contributed by atoms with Gasteiger partial charge in [0, 0.05) is 18.4 Å². The molecule has 0 aliphatic heterocycles. The molecule has 6 heteroatoms. The van der Waals surface area contributed by atoms with Gasteiger partial charge in [0.2, 0.25) is 5.16 Å². The minimum atomic E-state index is 0.124. The number of fused-ring (bicyclic) bond motifs is 2. The highest BCUT2D eigenvalue weighted by atomic mass is 32.2. The van der Waals surface area contributed by atoms with Crippen LogP contribution in [0.25, 0.3) is 5.78 Å². The Morgan fingerprint density at radius 1 is 1.03 bits per heavy atom. The van der Waals surface area contributed by atoms with Crippen molar-refractivity contribution >= 4 is 23.3 Å². The minimum absolute atomic E-state index is 0.124. The predicted octanol–water partition coefficient (Wildman–Crippen LogP) is 4.64. The Morgan fingerprint density at radius 2 is 1.83 bits per heavy atom. The number of nitrogens with zero attached hydrogens (tertiary/aromatic N) is 4. The molecule has 1 atom stereocenters. The van der Waals surface area contributed by atoms with Crippen LogP contribution in [0.4, 0.5) is 0 Å². The molecule has 1 aliphatic rings. The van der Waals surface area contributed by atoms with Gasteiger partial charge in [0.15, 0.2) is 5.78 Å². The summed E-state index contributed by atoms with van der Waals surface area (Å²) >= 11 is 1.59. The normalized spacial score (nSPS) is 16.2. The van der Waals surface area contributed by atoms with Crippen LogP contribution in [0.2, 0.25) is 0 Å². The Morgan fingerprint density at radius 3 is 2.66 bits per heavy atom. The number of rotatable bonds is 4. The molecular formula is C23H20N4OS. The lowest BCUT2D eigenvalue weighted by atomic mass is 9.82. The summed E-state index contributed by atoms with van der Waals surface area (Å²) in [6, 6.07) is 18.5. The zero-order valence-corrected chi connectivity index (χ0v) is 16.9. The smallest absolute Gasteiger partial charge is 0.253 e. The van der Waals surface area contributed by atoms with E-state index in [2.05, 4.69) is 41.3 Å². The summed E-state index contributed by atoms with van der Waals surface area (Å²) in [5.74, 6) is 1.65. The van der Waals surface area contributed by atoms with Crippen molar-refractivity contribution < 1.29 is 4.79 Å². The minimum Gasteiger partial charge on any atom is -0.294 e. The third-order valence-electron chi connectivity index (χ3n) is 5.45. The number of aryl methyl sites for hydroxylation is 1. The van der Waals surface area contributed by atoms with Crippen molar-refractivity contribution in [2.24, 2.45) is 0 Å². The fourth-order valence-electron chi connectivity index (χ4n) is 3.80. The van der Waals surface area contributed by atoms with Crippen LogP contribution in [-0.2, 0) is 12.2 Å². The fraction of sp³-hybridized carbons (Fsp3) is 0.217. The van der Waals surface area contributed by atoms with Crippen LogP contribution in [0, 0.1) is 6.92 Å². The summed E-state index contributed by atoms with van der Waals surface area (Å²) in [5.41, 5.74) is 5.21. The number of ketones is 1. The van der Waals surface area contributed by atoms with Crippen molar-refractivity contribution in [2.75, 3.05) is 0 Å². The van der Waals surface area contributed by atoms with Gasteiger partial charge in [-0.15, -0.1) is 5.10 Å². The SMILES string of the molecule is Cc1ccccc1CSc1nc2nc3c(cn2n1)C(=O)C[C@H](c1ccccc1)C3. The first kappa shape index (κ1) is 18.1. The molecule has 2 aromatic heterocycles. The maximum Gasteiger partial charge on any atom is 0.253 e. The van der Waals surface area contributed by atoms with E-state index >= 15 is 0 Å². The average Bonchev–Trinajstić information content (AvgIpc) is 3.14. The molecule has 0 bridgehead atoms. The lowest BCUT2D eigenvalue weighted by Gasteiger charge is -2.22. The summed E-state index contributed by atoms with van der Waals surface area (Å²) in [7, 11) is 0. The summed E-state index contributed by atoms with van der Waals surface area (Å²) in [5, 5.41) is 5.21. The van der Waals surface area contributed by atoms with Crippen molar-refractivity contribution in [3.05, 3.63) is 88.7 Å². The van der Waals surface area contributed by atoms with Gasteiger partial charge >= 0.3 is 0 Å². The largest absolute Gasteiger partial charge is 0.294 e. The number of thioether (sulfide) groups is 1. The molecule has 0 fully saturated rings. The van der Waals surface area contributed by atoms with E-state index in [0.29, 0.717) is 22.9 Å². The van der Waals surface area contributed by atoms with E-state index < -0.39 is 0 Å². The number of benzene rings is 2. The number of aromatic nitrogens is 4. The number of carbonyl (C=O) groups excluding carboxylic acids is 1. The van der Waals surface area contributed by atoms with Crippen molar-refractivity contribution in [1.82, 2.24) is 19.6 Å². The van der Waals surface area contributed by atoms with E-state index in [0.717, 1.165) is 17.9 Å². The van der Waals surface area contributed by atoms with Gasteiger partial charge in [0.05, 0.1) is 11.3 Å². The highest BCUT2D eigenvalue weighted by Crippen LogP contribution is 2.32. The van der Waals surface area contributed by atoms with Gasteiger partial charge in [-0.2, -0.15) is 4.98 Å². The molecule has 0 radical (unpaired) electrons. The second-order valence-electron chi connectivity index (χ2n) is 7.39. The van der Waals surface area contributed by atoms with Crippen molar-refractivity contribution in [2.45, 2.75) is 36.6 Å². The lowest BCUT2D eigenvalue weighted by Crippen LogP contribution is -2.21. The standard InChI is InChI=1S/C23H20N4OS/c1-15-7-5-6-10-17(15)14-29-23-25-22-24-20-11-18(16-8-3-2-4-9-16)12-21(28)19(20)13-27(22)26-23/h2-10,13,18H,11-12,14H2,1H3/t18-/m1/s1. The third-order valence-corrected chi connectivity index (χ3v) is 6.34. The van der Waals surface area contributed by atoms with Gasteiger partial charge in [-0.25, -0.2) is 9.50 Å². The monoisotopic (exact) mass is 400 g/mol. The van der Waals surface area contributed by atoms with Crippen LogP contribution in [0.15, 0.2) is 66.0 Å². The summed E-state index contributed by atoms with van der Waals surface area (Å²) in [6.45, 7) is 2.11. The second-order valence-corrected chi connectivity index (χ2v) is 8.34. The molecule has 0 spiro atoms. The molecule has 0 N–H and O–H groups in total. The van der Waals surface area contributed by atoms with E-state index in [1.54, 1.807) is 22.5 Å². The van der Waals surface area contributed by atoms with Crippen molar-refractivity contribution in [3.63, 3.8) is 0 Å². The van der Waals surface area contributed by atoms with Gasteiger partial charge in [-0.05, 0) is 36.0 Å². The first-order valence-corrected chi connectivity index (χ1v) is 10.7. The van der Waals surface area contributed by atoms with E-state index in [4.69, 9.17) is 4.98 Å². The molecule has 0 saturated carbocycles. The summed E-state index contributed by atoms with van der Waals surface area (Å²) in [6.07, 6.45) is 3.06. The van der Waals surface area contributed by atoms with Crippen molar-refractivity contribution in [1.29, 1.82) is 0 Å². The van der Waals surface area contributed by atoms with Crippen LogP contribution in [-0.4, -0.2) is 25.4 Å². The average molecular weight is 401 g/mol. The van der Waals surface area contributed by atoms with Gasteiger partial charge in [0.1, 0.15) is 0 Å². The van der Waals surface area contributed by atoms with Crippen LogP contribution >= 0.6 is 11.8 Å². The Bertz CT molecular complexity index is 1200. The summed E-state index contributed by atoms with van der Waals surface area (Å²) in [4.78, 5) is 22.0. The number of hydrogen-bond acceptors (Lipinski definition) is 5. The Kier molecular flexibility index (Phi) is 4.64. The molecule has 4 aromatic rings. The topological polar surface area (TPSA) is 60.1 Å². The molecule has 5 nitrogen and oxygen atoms in total. The molecule has 2 aromatic carbocycles. The maximum absolute atomic E-state index is 12.8. The zero-order valence-electron chi connectivity index (χ0n) is 16.1. The lowest BCUT2D eigenvalue weighted by molar-refractivity contribution is 0.0962. The first-order valence-electron chi connectivity index (χ1n) is 9.69. The van der Waals surface area contributed by atoms with Gasteiger partial charge < -0.3 is 0 Å². The highest BCUT2D eigenvalue weighted by Gasteiger charge is 2.28. The second kappa shape index (κ2) is 7.44. The molecule has 29 heavy (non-hydrogen) atoms. The number of carbonyl (C=O) groups is 1. The van der Waals surface area contributed by atoms with Crippen LogP contribution in [0.3, 0.4) is 0 Å². The Hall–Kier alpha value is -2.99. The Balaban J connectivity index is 1.42. The summed E-state index contributed by atoms with van der Waals surface area (Å²) < 4.78 is 1.64.